The fourth-order valence-corrected chi connectivity index (χ4v) is 1.26. The van der Waals surface area contributed by atoms with Crippen LogP contribution in [0.5, 0.6) is 0 Å². The second kappa shape index (κ2) is 6.89. The molecule has 0 atom stereocenters. The molecule has 1 aromatic heterocycles. The Hall–Kier alpha value is -1.50. The normalized spacial score (nSPS) is 13.4. The Morgan fingerprint density at radius 2 is 2.25 bits per heavy atom. The van der Waals surface area contributed by atoms with Gasteiger partial charge in [0.15, 0.2) is 0 Å². The second-order valence-corrected chi connectivity index (χ2v) is 4.31. The minimum Gasteiger partial charge on any atom is -0.472 e. The molecule has 16 heavy (non-hydrogen) atoms. The van der Waals surface area contributed by atoms with Crippen LogP contribution < -0.4 is 0 Å². The fourth-order valence-electron chi connectivity index (χ4n) is 1.26. The zero-order valence-electron chi connectivity index (χ0n) is 10.3. The maximum absolute atomic E-state index is 4.99. The van der Waals surface area contributed by atoms with E-state index in [1.807, 2.05) is 6.07 Å². The average molecular weight is 216 g/mol. The van der Waals surface area contributed by atoms with Crippen molar-refractivity contribution in [2.75, 3.05) is 0 Å². The summed E-state index contributed by atoms with van der Waals surface area (Å²) in [7, 11) is 0. The van der Waals surface area contributed by atoms with Crippen molar-refractivity contribution < 1.29 is 4.42 Å². The van der Waals surface area contributed by atoms with Gasteiger partial charge in [0.05, 0.1) is 12.5 Å². The highest BCUT2D eigenvalue weighted by Crippen LogP contribution is 2.07. The number of hydrogen-bond acceptors (Lipinski definition) is 1. The Morgan fingerprint density at radius 3 is 2.88 bits per heavy atom. The van der Waals surface area contributed by atoms with Gasteiger partial charge >= 0.3 is 0 Å². The van der Waals surface area contributed by atoms with Crippen molar-refractivity contribution in [1.29, 1.82) is 0 Å². The highest BCUT2D eigenvalue weighted by atomic mass is 16.3. The summed E-state index contributed by atoms with van der Waals surface area (Å²) >= 11 is 0. The topological polar surface area (TPSA) is 13.1 Å². The highest BCUT2D eigenvalue weighted by Gasteiger charge is 1.87. The third-order valence-electron chi connectivity index (χ3n) is 2.17. The van der Waals surface area contributed by atoms with Crippen LogP contribution >= 0.6 is 0 Å². The quantitative estimate of drug-likeness (QED) is 0.642. The summed E-state index contributed by atoms with van der Waals surface area (Å²) < 4.78 is 4.99. The van der Waals surface area contributed by atoms with Crippen LogP contribution in [0.2, 0.25) is 0 Å². The number of allylic oxidation sites excluding steroid dienone is 5. The molecule has 0 aliphatic carbocycles. The summed E-state index contributed by atoms with van der Waals surface area (Å²) in [4.78, 5) is 0. The van der Waals surface area contributed by atoms with E-state index in [2.05, 4.69) is 51.2 Å². The van der Waals surface area contributed by atoms with E-state index in [1.165, 1.54) is 5.57 Å². The first-order valence-electron chi connectivity index (χ1n) is 5.71. The molecule has 0 aliphatic rings. The molecule has 0 aliphatic heterocycles. The summed E-state index contributed by atoms with van der Waals surface area (Å²) in [5, 5.41) is 0. The van der Waals surface area contributed by atoms with Crippen LogP contribution in [-0.2, 0) is 0 Å². The molecule has 0 saturated carbocycles. The van der Waals surface area contributed by atoms with Gasteiger partial charge in [-0.1, -0.05) is 49.8 Å². The standard InChI is InChI=1S/C15H20O/c1-13(2)6-4-7-14(3)8-5-9-15-10-11-16-12-15/h4-7,9-13H,8H2,1-3H3/b6-4+,9-5+,14-7+. The lowest BCUT2D eigenvalue weighted by Crippen LogP contribution is -1.76. The van der Waals surface area contributed by atoms with E-state index in [4.69, 9.17) is 4.42 Å². The smallest absolute Gasteiger partial charge is 0.0974 e. The molecular formula is C15H20O. The van der Waals surface area contributed by atoms with Gasteiger partial charge < -0.3 is 4.42 Å². The van der Waals surface area contributed by atoms with Gasteiger partial charge in [-0.3, -0.25) is 0 Å². The average Bonchev–Trinajstić information content (AvgIpc) is 2.70. The Morgan fingerprint density at radius 1 is 1.44 bits per heavy atom. The lowest BCUT2D eigenvalue weighted by atomic mass is 10.1. The van der Waals surface area contributed by atoms with E-state index in [0.717, 1.165) is 12.0 Å². The predicted octanol–water partition coefficient (Wildman–Crippen LogP) is 4.84. The van der Waals surface area contributed by atoms with Crippen LogP contribution in [0.25, 0.3) is 6.08 Å². The van der Waals surface area contributed by atoms with E-state index in [0.29, 0.717) is 5.92 Å². The molecule has 1 rings (SSSR count). The zero-order chi connectivity index (χ0) is 11.8. The van der Waals surface area contributed by atoms with Gasteiger partial charge in [-0.05, 0) is 25.3 Å². The largest absolute Gasteiger partial charge is 0.472 e. The Balaban J connectivity index is 2.37. The van der Waals surface area contributed by atoms with Gasteiger partial charge in [0, 0.05) is 5.56 Å². The highest BCUT2D eigenvalue weighted by molar-refractivity contribution is 5.47. The first-order chi connectivity index (χ1) is 7.68. The van der Waals surface area contributed by atoms with Crippen LogP contribution in [0.3, 0.4) is 0 Å². The maximum atomic E-state index is 4.99. The summed E-state index contributed by atoms with van der Waals surface area (Å²) in [6.07, 6.45) is 15.1. The summed E-state index contributed by atoms with van der Waals surface area (Å²) in [6.45, 7) is 6.50. The summed E-state index contributed by atoms with van der Waals surface area (Å²) in [5.41, 5.74) is 2.47. The number of furan rings is 1. The molecule has 0 bridgehead atoms. The molecule has 1 nitrogen and oxygen atoms in total. The molecule has 86 valence electrons. The minimum atomic E-state index is 0.616. The fraction of sp³-hybridized carbons (Fsp3) is 0.333. The molecule has 1 heteroatoms. The van der Waals surface area contributed by atoms with Gasteiger partial charge in [-0.25, -0.2) is 0 Å². The summed E-state index contributed by atoms with van der Waals surface area (Å²) in [5.74, 6) is 0.616. The van der Waals surface area contributed by atoms with Crippen LogP contribution in [0.15, 0.2) is 52.9 Å². The van der Waals surface area contributed by atoms with Crippen molar-refractivity contribution in [1.82, 2.24) is 0 Å². The van der Waals surface area contributed by atoms with E-state index in [1.54, 1.807) is 12.5 Å². The van der Waals surface area contributed by atoms with E-state index < -0.39 is 0 Å². The lowest BCUT2D eigenvalue weighted by molar-refractivity contribution is 0.567. The molecule has 0 radical (unpaired) electrons. The lowest BCUT2D eigenvalue weighted by Gasteiger charge is -1.94. The van der Waals surface area contributed by atoms with Crippen molar-refractivity contribution in [3.63, 3.8) is 0 Å². The van der Waals surface area contributed by atoms with E-state index >= 15 is 0 Å². The molecule has 0 unspecified atom stereocenters. The maximum Gasteiger partial charge on any atom is 0.0974 e. The predicted molar refractivity (Wildman–Crippen MR) is 70.1 cm³/mol. The molecule has 0 aromatic carbocycles. The third-order valence-corrected chi connectivity index (χ3v) is 2.17. The van der Waals surface area contributed by atoms with Crippen molar-refractivity contribution in [2.24, 2.45) is 5.92 Å². The first-order valence-corrected chi connectivity index (χ1v) is 5.71. The van der Waals surface area contributed by atoms with Crippen LogP contribution in [0.4, 0.5) is 0 Å². The van der Waals surface area contributed by atoms with Gasteiger partial charge in [0.1, 0.15) is 0 Å². The van der Waals surface area contributed by atoms with Crippen LogP contribution in [0, 0.1) is 5.92 Å². The molecule has 0 spiro atoms. The Kier molecular flexibility index (Phi) is 5.41. The van der Waals surface area contributed by atoms with Gasteiger partial charge in [0.2, 0.25) is 0 Å². The SMILES string of the molecule is C/C(=C\C=C\C(C)C)C/C=C/c1ccoc1. The third kappa shape index (κ3) is 5.40. The van der Waals surface area contributed by atoms with Gasteiger partial charge in [-0.2, -0.15) is 0 Å². The summed E-state index contributed by atoms with van der Waals surface area (Å²) in [6, 6.07) is 1.95. The van der Waals surface area contributed by atoms with Gasteiger partial charge in [-0.15, -0.1) is 0 Å². The molecule has 1 aromatic rings. The molecule has 0 amide bonds. The van der Waals surface area contributed by atoms with Gasteiger partial charge in [0.25, 0.3) is 0 Å². The van der Waals surface area contributed by atoms with E-state index in [-0.39, 0.29) is 0 Å². The molecule has 0 saturated heterocycles. The van der Waals surface area contributed by atoms with Crippen LogP contribution in [0.1, 0.15) is 32.8 Å². The Bertz CT molecular complexity index is 364. The minimum absolute atomic E-state index is 0.616. The molecular weight excluding hydrogens is 196 g/mol. The molecule has 0 fully saturated rings. The van der Waals surface area contributed by atoms with E-state index in [9.17, 15) is 0 Å². The van der Waals surface area contributed by atoms with Crippen molar-refractivity contribution in [3.8, 4) is 0 Å². The first kappa shape index (κ1) is 12.6. The monoisotopic (exact) mass is 216 g/mol. The Labute approximate surface area is 98.2 Å². The second-order valence-electron chi connectivity index (χ2n) is 4.31. The van der Waals surface area contributed by atoms with Crippen molar-refractivity contribution in [3.05, 3.63) is 54.0 Å². The molecule has 1 heterocycles. The van der Waals surface area contributed by atoms with Crippen LogP contribution in [-0.4, -0.2) is 0 Å². The zero-order valence-corrected chi connectivity index (χ0v) is 10.3. The van der Waals surface area contributed by atoms with Crippen molar-refractivity contribution in [2.45, 2.75) is 27.2 Å². The molecule has 0 N–H and O–H groups in total. The number of rotatable bonds is 5. The number of hydrogen-bond donors (Lipinski definition) is 0. The van der Waals surface area contributed by atoms with Crippen molar-refractivity contribution >= 4 is 6.08 Å².